The van der Waals surface area contributed by atoms with Gasteiger partial charge in [0.2, 0.25) is 0 Å². The molecule has 0 unspecified atom stereocenters. The Kier molecular flexibility index (Phi) is 6.23. The van der Waals surface area contributed by atoms with Crippen molar-refractivity contribution in [2.24, 2.45) is 0 Å². The maximum atomic E-state index is 11.0. The molecule has 0 saturated carbocycles. The zero-order valence-electron chi connectivity index (χ0n) is 16.7. The number of rotatable bonds is 7. The van der Waals surface area contributed by atoms with Gasteiger partial charge in [0.05, 0.1) is 18.2 Å². The molecule has 1 aliphatic rings. The molecular weight excluding hydrogens is 344 g/mol. The molecule has 1 N–H and O–H groups in total. The monoisotopic (exact) mass is 374 g/mol. The maximum absolute atomic E-state index is 11.0. The van der Waals surface area contributed by atoms with Gasteiger partial charge >= 0.3 is 0 Å². The number of aromatic nitrogens is 1. The molecule has 0 spiro atoms. The summed E-state index contributed by atoms with van der Waals surface area (Å²) in [7, 11) is 3.77. The number of aromatic hydroxyl groups is 1. The minimum Gasteiger partial charge on any atom is -0.507 e. The molecule has 7 nitrogen and oxygen atoms in total. The Morgan fingerprint density at radius 2 is 1.89 bits per heavy atom. The molecule has 27 heavy (non-hydrogen) atoms. The number of ether oxygens (including phenoxy) is 1. The van der Waals surface area contributed by atoms with Gasteiger partial charge in [-0.3, -0.25) is 4.90 Å². The van der Waals surface area contributed by atoms with Crippen molar-refractivity contribution in [2.75, 3.05) is 58.3 Å². The summed E-state index contributed by atoms with van der Waals surface area (Å²) in [4.78, 5) is 6.76. The van der Waals surface area contributed by atoms with Gasteiger partial charge in [-0.1, -0.05) is 5.16 Å². The third kappa shape index (κ3) is 4.20. The summed E-state index contributed by atoms with van der Waals surface area (Å²) >= 11 is 0. The van der Waals surface area contributed by atoms with Crippen molar-refractivity contribution >= 4 is 5.82 Å². The minimum atomic E-state index is 0.204. The summed E-state index contributed by atoms with van der Waals surface area (Å²) in [5, 5.41) is 15.1. The van der Waals surface area contributed by atoms with Gasteiger partial charge in [-0.2, -0.15) is 0 Å². The molecule has 0 amide bonds. The fourth-order valence-corrected chi connectivity index (χ4v) is 3.48. The van der Waals surface area contributed by atoms with Gasteiger partial charge in [-0.05, 0) is 33.0 Å². The van der Waals surface area contributed by atoms with E-state index in [-0.39, 0.29) is 5.75 Å². The minimum absolute atomic E-state index is 0.204. The highest BCUT2D eigenvalue weighted by Crippen LogP contribution is 2.39. The van der Waals surface area contributed by atoms with Crippen LogP contribution in [0.2, 0.25) is 0 Å². The Balaban J connectivity index is 1.89. The largest absolute Gasteiger partial charge is 0.507 e. The van der Waals surface area contributed by atoms with E-state index in [1.165, 1.54) is 0 Å². The summed E-state index contributed by atoms with van der Waals surface area (Å²) in [6.07, 6.45) is 0. The number of phenolic OH excluding ortho intramolecular Hbond substituents is 1. The van der Waals surface area contributed by atoms with E-state index in [4.69, 9.17) is 9.26 Å². The lowest BCUT2D eigenvalue weighted by Crippen LogP contribution is -2.43. The first-order valence-electron chi connectivity index (χ1n) is 9.59. The van der Waals surface area contributed by atoms with Crippen LogP contribution in [0.4, 0.5) is 5.82 Å². The maximum Gasteiger partial charge on any atom is 0.172 e. The number of piperazine rings is 1. The smallest absolute Gasteiger partial charge is 0.172 e. The summed E-state index contributed by atoms with van der Waals surface area (Å²) in [6.45, 7) is 10.5. The first-order chi connectivity index (χ1) is 13.1. The zero-order valence-corrected chi connectivity index (χ0v) is 16.7. The highest BCUT2D eigenvalue weighted by atomic mass is 16.5. The van der Waals surface area contributed by atoms with Gasteiger partial charge in [0.15, 0.2) is 11.6 Å². The molecule has 1 saturated heterocycles. The molecule has 2 aromatic rings. The lowest BCUT2D eigenvalue weighted by molar-refractivity contribution is 0.146. The van der Waals surface area contributed by atoms with Gasteiger partial charge in [0.25, 0.3) is 0 Å². The number of likely N-dealkylation sites (N-methyl/N-ethyl adjacent to an activating group) is 1. The SMILES string of the molecule is CCN(CC)c1cc(-c2ccc(OC)c(CN3CCN(C)CC3)c2O)on1. The molecule has 3 rings (SSSR count). The van der Waals surface area contributed by atoms with E-state index in [9.17, 15) is 5.11 Å². The van der Waals surface area contributed by atoms with Crippen LogP contribution in [-0.4, -0.2) is 73.5 Å². The molecule has 0 bridgehead atoms. The lowest BCUT2D eigenvalue weighted by atomic mass is 10.0. The molecule has 7 heteroatoms. The van der Waals surface area contributed by atoms with Crippen molar-refractivity contribution in [3.8, 4) is 22.8 Å². The molecule has 1 fully saturated rings. The zero-order chi connectivity index (χ0) is 19.4. The summed E-state index contributed by atoms with van der Waals surface area (Å²) in [5.74, 6) is 2.25. The molecule has 1 aromatic carbocycles. The van der Waals surface area contributed by atoms with Crippen LogP contribution >= 0.6 is 0 Å². The number of anilines is 1. The van der Waals surface area contributed by atoms with E-state index in [0.29, 0.717) is 23.6 Å². The van der Waals surface area contributed by atoms with Crippen LogP contribution in [0.5, 0.6) is 11.5 Å². The van der Waals surface area contributed by atoms with E-state index in [1.807, 2.05) is 18.2 Å². The van der Waals surface area contributed by atoms with Crippen LogP contribution in [0.15, 0.2) is 22.7 Å². The first kappa shape index (κ1) is 19.5. The fraction of sp³-hybridized carbons (Fsp3) is 0.550. The topological polar surface area (TPSA) is 65.2 Å². The quantitative estimate of drug-likeness (QED) is 0.799. The molecular formula is C20H30N4O3. The highest BCUT2D eigenvalue weighted by molar-refractivity contribution is 5.71. The van der Waals surface area contributed by atoms with Crippen molar-refractivity contribution in [2.45, 2.75) is 20.4 Å². The molecule has 0 radical (unpaired) electrons. The van der Waals surface area contributed by atoms with Crippen LogP contribution in [0.25, 0.3) is 11.3 Å². The summed E-state index contributed by atoms with van der Waals surface area (Å²) in [5.41, 5.74) is 1.44. The van der Waals surface area contributed by atoms with Crippen molar-refractivity contribution in [1.82, 2.24) is 15.0 Å². The number of hydrogen-bond donors (Lipinski definition) is 1. The Bertz CT molecular complexity index is 750. The van der Waals surface area contributed by atoms with Crippen LogP contribution in [0, 0.1) is 0 Å². The molecule has 0 atom stereocenters. The standard InChI is InChI=1S/C20H30N4O3/c1-5-24(6-2)19-13-18(27-21-19)15-7-8-17(26-4)16(20(15)25)14-23-11-9-22(3)10-12-23/h7-8,13,25H,5-6,9-12,14H2,1-4H3. The summed E-state index contributed by atoms with van der Waals surface area (Å²) < 4.78 is 11.0. The number of methoxy groups -OCH3 is 1. The van der Waals surface area contributed by atoms with Crippen molar-refractivity contribution in [3.63, 3.8) is 0 Å². The second-order valence-electron chi connectivity index (χ2n) is 6.94. The van der Waals surface area contributed by atoms with Gasteiger partial charge in [-0.15, -0.1) is 0 Å². The highest BCUT2D eigenvalue weighted by Gasteiger charge is 2.22. The van der Waals surface area contributed by atoms with Crippen molar-refractivity contribution in [1.29, 1.82) is 0 Å². The third-order valence-electron chi connectivity index (χ3n) is 5.29. The van der Waals surface area contributed by atoms with Crippen LogP contribution in [-0.2, 0) is 6.54 Å². The van der Waals surface area contributed by atoms with Crippen LogP contribution in [0.1, 0.15) is 19.4 Å². The van der Waals surface area contributed by atoms with E-state index < -0.39 is 0 Å². The number of hydrogen-bond acceptors (Lipinski definition) is 7. The third-order valence-corrected chi connectivity index (χ3v) is 5.29. The molecule has 2 heterocycles. The second-order valence-corrected chi connectivity index (χ2v) is 6.94. The lowest BCUT2D eigenvalue weighted by Gasteiger charge is -2.32. The van der Waals surface area contributed by atoms with Crippen LogP contribution in [0.3, 0.4) is 0 Å². The normalized spacial score (nSPS) is 15.9. The van der Waals surface area contributed by atoms with Crippen LogP contribution < -0.4 is 9.64 Å². The molecule has 1 aromatic heterocycles. The van der Waals surface area contributed by atoms with Gasteiger partial charge in [0, 0.05) is 51.9 Å². The second kappa shape index (κ2) is 8.63. The van der Waals surface area contributed by atoms with Gasteiger partial charge in [-0.25, -0.2) is 0 Å². The Hall–Kier alpha value is -2.25. The van der Waals surface area contributed by atoms with E-state index >= 15 is 0 Å². The van der Waals surface area contributed by atoms with Crippen molar-refractivity contribution in [3.05, 3.63) is 23.8 Å². The fourth-order valence-electron chi connectivity index (χ4n) is 3.48. The Labute approximate surface area is 161 Å². The van der Waals surface area contributed by atoms with E-state index in [2.05, 4.69) is 40.8 Å². The predicted octanol–water partition coefficient (Wildman–Crippen LogP) is 2.65. The predicted molar refractivity (Wildman–Crippen MR) is 106 cm³/mol. The number of benzene rings is 1. The Morgan fingerprint density at radius 1 is 1.19 bits per heavy atom. The van der Waals surface area contributed by atoms with E-state index in [1.54, 1.807) is 7.11 Å². The molecule has 0 aliphatic carbocycles. The number of phenols is 1. The Morgan fingerprint density at radius 3 is 2.52 bits per heavy atom. The van der Waals surface area contributed by atoms with Gasteiger partial charge in [0.1, 0.15) is 11.5 Å². The number of nitrogens with zero attached hydrogens (tertiary/aromatic N) is 4. The summed E-state index contributed by atoms with van der Waals surface area (Å²) in [6, 6.07) is 5.60. The molecule has 148 valence electrons. The van der Waals surface area contributed by atoms with E-state index in [0.717, 1.165) is 50.6 Å². The van der Waals surface area contributed by atoms with Crippen molar-refractivity contribution < 1.29 is 14.4 Å². The first-order valence-corrected chi connectivity index (χ1v) is 9.59. The molecule has 1 aliphatic heterocycles. The van der Waals surface area contributed by atoms with Gasteiger partial charge < -0.3 is 24.2 Å². The average molecular weight is 374 g/mol. The average Bonchev–Trinajstić information content (AvgIpc) is 3.15.